The topological polar surface area (TPSA) is 12.4 Å². The van der Waals surface area contributed by atoms with Crippen LogP contribution in [-0.4, -0.2) is 6.21 Å². The lowest BCUT2D eigenvalue weighted by atomic mass is 10.1. The molecule has 2 rings (SSSR count). The van der Waals surface area contributed by atoms with Crippen LogP contribution in [0, 0.1) is 5.82 Å². The van der Waals surface area contributed by atoms with E-state index in [9.17, 15) is 4.39 Å². The van der Waals surface area contributed by atoms with Crippen LogP contribution in [-0.2, 0) is 6.42 Å². The third-order valence-electron chi connectivity index (χ3n) is 3.50. The smallest absolute Gasteiger partial charge is 0.128 e. The van der Waals surface area contributed by atoms with Gasteiger partial charge in [-0.1, -0.05) is 50.4 Å². The minimum Gasteiger partial charge on any atom is -0.261 e. The van der Waals surface area contributed by atoms with Crippen molar-refractivity contribution in [2.75, 3.05) is 0 Å². The van der Waals surface area contributed by atoms with E-state index in [1.165, 1.54) is 17.4 Å². The van der Waals surface area contributed by atoms with E-state index in [1.54, 1.807) is 24.4 Å². The highest BCUT2D eigenvalue weighted by Gasteiger charge is 2.15. The lowest BCUT2D eigenvalue weighted by Crippen LogP contribution is -1.91. The first-order chi connectivity index (χ1) is 11.5. The van der Waals surface area contributed by atoms with Crippen LogP contribution in [0.25, 0.3) is 11.6 Å². The SMILES string of the molecule is C=Cc1cc(Cc2c(F)cccc2Cl)sc1C(=C)C(=C)N=CCC. The van der Waals surface area contributed by atoms with Crippen LogP contribution >= 0.6 is 22.9 Å². The Morgan fingerprint density at radius 2 is 2.12 bits per heavy atom. The first-order valence-electron chi connectivity index (χ1n) is 7.57. The van der Waals surface area contributed by atoms with Gasteiger partial charge in [0.15, 0.2) is 0 Å². The molecule has 0 aliphatic rings. The maximum atomic E-state index is 14.0. The van der Waals surface area contributed by atoms with E-state index in [0.717, 1.165) is 27.3 Å². The van der Waals surface area contributed by atoms with Crippen molar-refractivity contribution in [3.63, 3.8) is 0 Å². The lowest BCUT2D eigenvalue weighted by molar-refractivity contribution is 0.614. The van der Waals surface area contributed by atoms with Crippen LogP contribution in [0.3, 0.4) is 0 Å². The quantitative estimate of drug-likeness (QED) is 0.381. The molecule has 2 aromatic rings. The van der Waals surface area contributed by atoms with Gasteiger partial charge in [0.25, 0.3) is 0 Å². The average molecular weight is 360 g/mol. The van der Waals surface area contributed by atoms with Crippen LogP contribution in [0.1, 0.15) is 34.2 Å². The van der Waals surface area contributed by atoms with E-state index in [1.807, 2.05) is 13.0 Å². The summed E-state index contributed by atoms with van der Waals surface area (Å²) in [5.74, 6) is -0.298. The van der Waals surface area contributed by atoms with Gasteiger partial charge in [-0.15, -0.1) is 11.3 Å². The Balaban J connectivity index is 2.34. The van der Waals surface area contributed by atoms with E-state index in [-0.39, 0.29) is 5.82 Å². The van der Waals surface area contributed by atoms with Crippen molar-refractivity contribution < 1.29 is 4.39 Å². The minimum absolute atomic E-state index is 0.298. The average Bonchev–Trinajstić information content (AvgIpc) is 2.98. The van der Waals surface area contributed by atoms with Gasteiger partial charge in [0, 0.05) is 38.5 Å². The van der Waals surface area contributed by atoms with Gasteiger partial charge in [-0.05, 0) is 30.2 Å². The molecular weight excluding hydrogens is 341 g/mol. The standard InChI is InChI=1S/C20H19ClFNS/c1-5-10-23-14(4)13(3)20-15(6-2)11-16(24-20)12-17-18(21)8-7-9-19(17)22/h6-11H,2-5,12H2,1H3. The number of nitrogens with zero attached hydrogens (tertiary/aromatic N) is 1. The maximum Gasteiger partial charge on any atom is 0.128 e. The third-order valence-corrected chi connectivity index (χ3v) is 5.06. The van der Waals surface area contributed by atoms with Gasteiger partial charge < -0.3 is 0 Å². The van der Waals surface area contributed by atoms with Gasteiger partial charge in [-0.2, -0.15) is 0 Å². The van der Waals surface area contributed by atoms with E-state index in [2.05, 4.69) is 24.7 Å². The van der Waals surface area contributed by atoms with Crippen LogP contribution < -0.4 is 0 Å². The molecule has 0 fully saturated rings. The van der Waals surface area contributed by atoms with Crippen molar-refractivity contribution in [3.8, 4) is 0 Å². The number of rotatable bonds is 7. The van der Waals surface area contributed by atoms with Gasteiger partial charge in [0.2, 0.25) is 0 Å². The zero-order chi connectivity index (χ0) is 17.7. The molecule has 1 aromatic carbocycles. The zero-order valence-corrected chi connectivity index (χ0v) is 15.2. The number of thiophene rings is 1. The highest BCUT2D eigenvalue weighted by Crippen LogP contribution is 2.35. The Kier molecular flexibility index (Phi) is 6.29. The molecule has 4 heteroatoms. The molecule has 0 radical (unpaired) electrons. The molecule has 0 saturated carbocycles. The highest BCUT2D eigenvalue weighted by atomic mass is 35.5. The number of benzene rings is 1. The second-order valence-corrected chi connectivity index (χ2v) is 6.77. The van der Waals surface area contributed by atoms with E-state index >= 15 is 0 Å². The van der Waals surface area contributed by atoms with E-state index < -0.39 is 0 Å². The zero-order valence-electron chi connectivity index (χ0n) is 13.6. The Hall–Kier alpha value is -1.97. The molecule has 0 N–H and O–H groups in total. The highest BCUT2D eigenvalue weighted by molar-refractivity contribution is 7.13. The van der Waals surface area contributed by atoms with Gasteiger partial charge in [0.1, 0.15) is 5.82 Å². The summed E-state index contributed by atoms with van der Waals surface area (Å²) >= 11 is 7.66. The Labute approximate surface area is 151 Å². The van der Waals surface area contributed by atoms with Crippen molar-refractivity contribution in [1.29, 1.82) is 0 Å². The molecule has 0 bridgehead atoms. The van der Waals surface area contributed by atoms with Crippen LogP contribution in [0.15, 0.2) is 54.7 Å². The molecule has 24 heavy (non-hydrogen) atoms. The lowest BCUT2D eigenvalue weighted by Gasteiger charge is -2.04. The summed E-state index contributed by atoms with van der Waals surface area (Å²) in [6, 6.07) is 6.71. The van der Waals surface area contributed by atoms with E-state index in [0.29, 0.717) is 22.7 Å². The summed E-state index contributed by atoms with van der Waals surface area (Å²) in [6.07, 6.45) is 4.83. The summed E-state index contributed by atoms with van der Waals surface area (Å²) in [6.45, 7) is 13.9. The molecule has 0 aliphatic heterocycles. The summed E-state index contributed by atoms with van der Waals surface area (Å²) in [4.78, 5) is 6.22. The van der Waals surface area contributed by atoms with Crippen LogP contribution in [0.4, 0.5) is 4.39 Å². The van der Waals surface area contributed by atoms with Gasteiger partial charge in [-0.25, -0.2) is 4.39 Å². The summed E-state index contributed by atoms with van der Waals surface area (Å²) in [7, 11) is 0. The molecule has 0 saturated heterocycles. The number of hydrogen-bond acceptors (Lipinski definition) is 2. The Morgan fingerprint density at radius 1 is 1.38 bits per heavy atom. The minimum atomic E-state index is -0.298. The van der Waals surface area contributed by atoms with E-state index in [4.69, 9.17) is 11.6 Å². The molecule has 1 heterocycles. The predicted molar refractivity (Wildman–Crippen MR) is 106 cm³/mol. The predicted octanol–water partition coefficient (Wildman–Crippen LogP) is 6.78. The first-order valence-corrected chi connectivity index (χ1v) is 8.76. The molecule has 0 spiro atoms. The maximum absolute atomic E-state index is 14.0. The van der Waals surface area contributed by atoms with Crippen molar-refractivity contribution >= 4 is 40.8 Å². The van der Waals surface area contributed by atoms with Crippen molar-refractivity contribution in [2.24, 2.45) is 4.99 Å². The third kappa shape index (κ3) is 4.11. The largest absolute Gasteiger partial charge is 0.261 e. The number of halogens is 2. The summed E-state index contributed by atoms with van der Waals surface area (Å²) in [5, 5.41) is 0.431. The van der Waals surface area contributed by atoms with Crippen molar-refractivity contribution in [3.05, 3.63) is 81.4 Å². The van der Waals surface area contributed by atoms with Crippen molar-refractivity contribution in [1.82, 2.24) is 0 Å². The van der Waals surface area contributed by atoms with Crippen LogP contribution in [0.2, 0.25) is 5.02 Å². The molecule has 124 valence electrons. The normalized spacial score (nSPS) is 11.0. The van der Waals surface area contributed by atoms with Crippen molar-refractivity contribution in [2.45, 2.75) is 19.8 Å². The number of allylic oxidation sites excluding steroid dienone is 1. The fourth-order valence-corrected chi connectivity index (χ4v) is 3.61. The van der Waals surface area contributed by atoms with Gasteiger partial charge >= 0.3 is 0 Å². The molecule has 0 atom stereocenters. The fraction of sp³-hybridized carbons (Fsp3) is 0.150. The monoisotopic (exact) mass is 359 g/mol. The fourth-order valence-electron chi connectivity index (χ4n) is 2.22. The molecular formula is C20H19ClFNS. The molecule has 0 unspecified atom stereocenters. The summed E-state index contributed by atoms with van der Waals surface area (Å²) < 4.78 is 14.0. The van der Waals surface area contributed by atoms with Gasteiger partial charge in [0.05, 0.1) is 5.70 Å². The molecule has 0 aliphatic carbocycles. The Morgan fingerprint density at radius 3 is 2.75 bits per heavy atom. The molecule has 1 aromatic heterocycles. The second-order valence-electron chi connectivity index (χ2n) is 5.22. The molecule has 1 nitrogen and oxygen atoms in total. The number of aliphatic imine (C=N–C) groups is 1. The first kappa shape index (κ1) is 18.4. The van der Waals surface area contributed by atoms with Crippen LogP contribution in [0.5, 0.6) is 0 Å². The Bertz CT molecular complexity index is 797. The molecule has 0 amide bonds. The van der Waals surface area contributed by atoms with Gasteiger partial charge in [-0.3, -0.25) is 4.99 Å². The second kappa shape index (κ2) is 8.22. The number of hydrogen-bond donors (Lipinski definition) is 0. The summed E-state index contributed by atoms with van der Waals surface area (Å²) in [5.41, 5.74) is 2.82.